The lowest BCUT2D eigenvalue weighted by Gasteiger charge is -2.10. The van der Waals surface area contributed by atoms with E-state index in [9.17, 15) is 9.59 Å². The van der Waals surface area contributed by atoms with Gasteiger partial charge >= 0.3 is 5.97 Å². The highest BCUT2D eigenvalue weighted by molar-refractivity contribution is 6.32. The summed E-state index contributed by atoms with van der Waals surface area (Å²) in [5.41, 5.74) is 4.16. The summed E-state index contributed by atoms with van der Waals surface area (Å²) in [5.74, 6) is -0.195. The first kappa shape index (κ1) is 36.6. The van der Waals surface area contributed by atoms with Gasteiger partial charge in [0.25, 0.3) is 0 Å². The van der Waals surface area contributed by atoms with Gasteiger partial charge in [-0.25, -0.2) is 4.79 Å². The lowest BCUT2D eigenvalue weighted by Crippen LogP contribution is -2.02. The summed E-state index contributed by atoms with van der Waals surface area (Å²) in [7, 11) is 1.58. The van der Waals surface area contributed by atoms with E-state index in [0.717, 1.165) is 48.2 Å². The molecule has 4 rings (SSSR count). The van der Waals surface area contributed by atoms with Crippen molar-refractivity contribution >= 4 is 41.8 Å². The fraction of sp³-hybridized carbons (Fsp3) is 0.147. The first-order chi connectivity index (χ1) is 21.2. The fourth-order valence-corrected chi connectivity index (χ4v) is 3.41. The summed E-state index contributed by atoms with van der Waals surface area (Å²) in [5, 5.41) is 34.9. The lowest BCUT2D eigenvalue weighted by molar-refractivity contribution is 0.0696. The van der Waals surface area contributed by atoms with Gasteiger partial charge in [-0.2, -0.15) is 5.26 Å². The Morgan fingerprint density at radius 3 is 2.00 bits per heavy atom. The molecule has 0 aliphatic carbocycles. The van der Waals surface area contributed by atoms with Gasteiger partial charge in [0, 0.05) is 23.4 Å². The molecule has 4 aromatic carbocycles. The number of hydrogen-bond acceptors (Lipinski definition) is 8. The van der Waals surface area contributed by atoms with Crippen LogP contribution in [0.2, 0.25) is 5.02 Å². The minimum atomic E-state index is -0.879. The van der Waals surface area contributed by atoms with Crippen LogP contribution in [0.5, 0.6) is 5.75 Å². The topological polar surface area (TPSA) is 156 Å². The molecule has 4 aromatic rings. The van der Waals surface area contributed by atoms with Gasteiger partial charge < -0.3 is 19.9 Å². The largest absolute Gasteiger partial charge is 0.497 e. The van der Waals surface area contributed by atoms with Crippen molar-refractivity contribution in [2.75, 3.05) is 19.0 Å². The Labute approximate surface area is 262 Å². The maximum Gasteiger partial charge on any atom is 0.335 e. The van der Waals surface area contributed by atoms with Crippen molar-refractivity contribution < 1.29 is 24.2 Å². The van der Waals surface area contributed by atoms with E-state index >= 15 is 0 Å². The molecule has 0 aromatic heterocycles. The molecule has 0 atom stereocenters. The van der Waals surface area contributed by atoms with E-state index in [-0.39, 0.29) is 5.90 Å². The summed E-state index contributed by atoms with van der Waals surface area (Å²) >= 11 is 6.01. The molecule has 0 fully saturated rings. The van der Waals surface area contributed by atoms with Crippen LogP contribution in [0.15, 0.2) is 97.1 Å². The molecule has 0 aliphatic heterocycles. The van der Waals surface area contributed by atoms with Gasteiger partial charge in [0.1, 0.15) is 18.1 Å². The molecule has 0 heterocycles. The van der Waals surface area contributed by atoms with Crippen LogP contribution in [0.3, 0.4) is 0 Å². The van der Waals surface area contributed by atoms with Crippen LogP contribution in [-0.2, 0) is 4.74 Å². The molecule has 0 bridgehead atoms. The van der Waals surface area contributed by atoms with Gasteiger partial charge in [-0.05, 0) is 67.4 Å². The van der Waals surface area contributed by atoms with Gasteiger partial charge in [-0.15, -0.1) is 0 Å². The molecule has 0 radical (unpaired) electrons. The number of hydrogen-bond donors (Lipinski definition) is 4. The van der Waals surface area contributed by atoms with Crippen LogP contribution in [-0.4, -0.2) is 43.3 Å². The number of nitriles is 1. The highest BCUT2D eigenvalue weighted by atomic mass is 35.5. The number of nitrogens with zero attached hydrogens (tertiary/aromatic N) is 1. The van der Waals surface area contributed by atoms with Crippen molar-refractivity contribution in [2.45, 2.75) is 20.3 Å². The summed E-state index contributed by atoms with van der Waals surface area (Å²) < 4.78 is 9.54. The molecular formula is C34H35ClN4O5. The molecule has 0 aliphatic rings. The molecular weight excluding hydrogens is 580 g/mol. The summed E-state index contributed by atoms with van der Waals surface area (Å²) in [6.45, 7) is 4.94. The predicted octanol–water partition coefficient (Wildman–Crippen LogP) is 7.87. The van der Waals surface area contributed by atoms with E-state index in [0.29, 0.717) is 21.7 Å². The minimum absolute atomic E-state index is 0.0438. The zero-order valence-corrected chi connectivity index (χ0v) is 25.5. The predicted molar refractivity (Wildman–Crippen MR) is 175 cm³/mol. The second-order valence-corrected chi connectivity index (χ2v) is 9.01. The van der Waals surface area contributed by atoms with Crippen LogP contribution in [0.1, 0.15) is 50.8 Å². The average Bonchev–Trinajstić information content (AvgIpc) is 3.07. The van der Waals surface area contributed by atoms with E-state index in [2.05, 4.69) is 23.0 Å². The summed E-state index contributed by atoms with van der Waals surface area (Å²) in [4.78, 5) is 20.2. The molecule has 4 N–H and O–H groups in total. The number of carboxylic acid groups (broad SMARTS) is 1. The number of nitrogens with one attached hydrogen (secondary N) is 3. The highest BCUT2D eigenvalue weighted by Gasteiger charge is 2.06. The number of rotatable bonds is 8. The third kappa shape index (κ3) is 13.5. The van der Waals surface area contributed by atoms with Gasteiger partial charge in [-0.3, -0.25) is 15.6 Å². The molecule has 9 nitrogen and oxygen atoms in total. The molecule has 228 valence electrons. The molecule has 0 amide bonds. The Bertz CT molecular complexity index is 1510. The van der Waals surface area contributed by atoms with E-state index in [1.54, 1.807) is 79.9 Å². The normalized spacial score (nSPS) is 9.07. The van der Waals surface area contributed by atoms with Gasteiger partial charge in [0.2, 0.25) is 5.90 Å². The van der Waals surface area contributed by atoms with Crippen LogP contribution >= 0.6 is 11.6 Å². The SMILES string of the molecule is CCCNc1ccc(C#N)c(Cl)c1C.COc1ccc(C(=N)OC=N)cc1.O=C(O)c1ccccc1.O=Cc1ccccc1. The van der Waals surface area contributed by atoms with Crippen LogP contribution in [0.4, 0.5) is 5.69 Å². The van der Waals surface area contributed by atoms with E-state index in [1.165, 1.54) is 0 Å². The first-order valence-corrected chi connectivity index (χ1v) is 13.7. The van der Waals surface area contributed by atoms with Crippen molar-refractivity contribution in [1.82, 2.24) is 0 Å². The van der Waals surface area contributed by atoms with Crippen LogP contribution < -0.4 is 10.1 Å². The zero-order valence-electron chi connectivity index (χ0n) is 24.7. The van der Waals surface area contributed by atoms with Crippen molar-refractivity contribution in [3.8, 4) is 11.8 Å². The lowest BCUT2D eigenvalue weighted by atomic mass is 10.1. The highest BCUT2D eigenvalue weighted by Crippen LogP contribution is 2.26. The number of anilines is 1. The second kappa shape index (κ2) is 21.3. The van der Waals surface area contributed by atoms with Gasteiger partial charge in [-0.1, -0.05) is 67.1 Å². The van der Waals surface area contributed by atoms with Crippen molar-refractivity contribution in [3.05, 3.63) is 130 Å². The maximum atomic E-state index is 10.2. The second-order valence-electron chi connectivity index (χ2n) is 8.63. The quantitative estimate of drug-likeness (QED) is 0.0893. The molecule has 0 unspecified atom stereocenters. The molecule has 10 heteroatoms. The van der Waals surface area contributed by atoms with Gasteiger partial charge in [0.05, 0.1) is 23.3 Å². The van der Waals surface area contributed by atoms with E-state index in [1.807, 2.05) is 31.2 Å². The number of carbonyl (C=O) groups excluding carboxylic acids is 1. The Balaban J connectivity index is 0.000000300. The summed E-state index contributed by atoms with van der Waals surface area (Å²) in [6, 6.07) is 30.0. The number of aldehydes is 1. The first-order valence-electron chi connectivity index (χ1n) is 13.3. The Hall–Kier alpha value is -5.46. The number of aromatic carboxylic acids is 1. The fourth-order valence-electron chi connectivity index (χ4n) is 3.20. The number of benzene rings is 4. The monoisotopic (exact) mass is 614 g/mol. The molecule has 0 saturated carbocycles. The van der Waals surface area contributed by atoms with Crippen molar-refractivity contribution in [3.63, 3.8) is 0 Å². The van der Waals surface area contributed by atoms with E-state index in [4.69, 9.17) is 37.5 Å². The Kier molecular flexibility index (Phi) is 17.7. The number of carbonyl (C=O) groups is 2. The Morgan fingerprint density at radius 1 is 0.977 bits per heavy atom. The number of carboxylic acids is 1. The molecule has 0 saturated heterocycles. The van der Waals surface area contributed by atoms with Crippen molar-refractivity contribution in [2.24, 2.45) is 0 Å². The third-order valence-electron chi connectivity index (χ3n) is 5.56. The number of ether oxygens (including phenoxy) is 2. The zero-order chi connectivity index (χ0) is 32.7. The summed E-state index contributed by atoms with van der Waals surface area (Å²) in [6.07, 6.45) is 2.63. The third-order valence-corrected chi connectivity index (χ3v) is 6.04. The minimum Gasteiger partial charge on any atom is -0.497 e. The standard InChI is InChI=1S/C11H13ClN2.C9H10N2O2.C7H6O2.C7H6O/c1-3-6-14-10-5-4-9(7-13)11(12)8(10)2;1-12-8-4-2-7(3-5-8)9(11)13-6-10;8-7(9)6-4-2-1-3-5-6;8-6-7-4-2-1-3-5-7/h4-5,14H,3,6H2,1-2H3;2-6,10-11H,1H3;1-5H,(H,8,9);1-6H. The molecule has 0 spiro atoms. The van der Waals surface area contributed by atoms with Crippen LogP contribution in [0.25, 0.3) is 0 Å². The van der Waals surface area contributed by atoms with Crippen molar-refractivity contribution in [1.29, 1.82) is 16.1 Å². The number of halogens is 1. The van der Waals surface area contributed by atoms with E-state index < -0.39 is 5.97 Å². The number of methoxy groups -OCH3 is 1. The maximum absolute atomic E-state index is 10.2. The smallest absolute Gasteiger partial charge is 0.335 e. The average molecular weight is 615 g/mol. The van der Waals surface area contributed by atoms with Gasteiger partial charge in [0.15, 0.2) is 6.40 Å². The molecule has 44 heavy (non-hydrogen) atoms. The Morgan fingerprint density at radius 2 is 1.57 bits per heavy atom. The van der Waals surface area contributed by atoms with Crippen LogP contribution in [0, 0.1) is 29.1 Å².